The van der Waals surface area contributed by atoms with Crippen molar-refractivity contribution >= 4 is 15.0 Å². The molecule has 0 nitrogen and oxygen atoms in total. The van der Waals surface area contributed by atoms with Gasteiger partial charge in [0.05, 0.1) is 0 Å². The van der Waals surface area contributed by atoms with Gasteiger partial charge in [-0.3, -0.25) is 0 Å². The molecule has 0 bridgehead atoms. The Morgan fingerprint density at radius 2 is 1.75 bits per heavy atom. The van der Waals surface area contributed by atoms with Crippen molar-refractivity contribution in [3.8, 4) is 0 Å². The lowest BCUT2D eigenvalue weighted by Gasteiger charge is -2.12. The molecule has 1 aromatic rings. The summed E-state index contributed by atoms with van der Waals surface area (Å²) in [5.41, 5.74) is 2.66. The third kappa shape index (κ3) is 3.74. The summed E-state index contributed by atoms with van der Waals surface area (Å²) in [5.74, 6) is 0. The van der Waals surface area contributed by atoms with Gasteiger partial charge in [-0.15, -0.1) is 0 Å². The first-order chi connectivity index (χ1) is 7.83. The van der Waals surface area contributed by atoms with Crippen LogP contribution >= 0.6 is 0 Å². The zero-order chi connectivity index (χ0) is 11.8. The molecule has 88 valence electrons. The molecular weight excluding hydrogens is 215 g/mol. The zero-order valence-electron chi connectivity index (χ0n) is 10.4. The van der Waals surface area contributed by atoms with Crippen molar-refractivity contribution in [1.82, 2.24) is 0 Å². The van der Waals surface area contributed by atoms with Crippen LogP contribution in [0.3, 0.4) is 0 Å². The summed E-state index contributed by atoms with van der Waals surface area (Å²) in [6, 6.07) is 6.12. The lowest BCUT2D eigenvalue weighted by molar-refractivity contribution is 0.759. The highest BCUT2D eigenvalue weighted by atomic mass is 28.3. The third-order valence-electron chi connectivity index (χ3n) is 2.95. The van der Waals surface area contributed by atoms with E-state index in [1.165, 1.54) is 36.8 Å². The molecule has 2 radical (unpaired) electrons. The molecule has 0 N–H and O–H groups in total. The lowest BCUT2D eigenvalue weighted by Crippen LogP contribution is -2.18. The molecule has 0 aliphatic carbocycles. The molecule has 2 heteroatoms. The number of halogens is 1. The van der Waals surface area contributed by atoms with Crippen molar-refractivity contribution in [3.05, 3.63) is 29.3 Å². The topological polar surface area (TPSA) is 0 Å². The fourth-order valence-electron chi connectivity index (χ4n) is 1.97. The smallest absolute Gasteiger partial charge is 0.308 e. The molecule has 0 aliphatic heterocycles. The molecule has 0 aliphatic rings. The van der Waals surface area contributed by atoms with Gasteiger partial charge in [0.25, 0.3) is 0 Å². The average Bonchev–Trinajstić information content (AvgIpc) is 2.33. The zero-order valence-corrected chi connectivity index (χ0v) is 11.4. The van der Waals surface area contributed by atoms with Crippen LogP contribution in [-0.2, 0) is 12.8 Å². The van der Waals surface area contributed by atoms with E-state index in [0.29, 0.717) is 0 Å². The van der Waals surface area contributed by atoms with Gasteiger partial charge in [0.1, 0.15) is 0 Å². The van der Waals surface area contributed by atoms with Crippen LogP contribution in [0.25, 0.3) is 0 Å². The van der Waals surface area contributed by atoms with Crippen molar-refractivity contribution < 1.29 is 4.11 Å². The number of rotatable bonds is 7. The van der Waals surface area contributed by atoms with Gasteiger partial charge in [-0.1, -0.05) is 44.9 Å². The Morgan fingerprint density at radius 3 is 2.38 bits per heavy atom. The number of benzene rings is 1. The van der Waals surface area contributed by atoms with Gasteiger partial charge in [-0.2, -0.15) is 0 Å². The molecule has 0 spiro atoms. The normalized spacial score (nSPS) is 10.7. The van der Waals surface area contributed by atoms with Crippen LogP contribution in [-0.4, -0.2) is 9.85 Å². The van der Waals surface area contributed by atoms with Gasteiger partial charge in [0.2, 0.25) is 0 Å². The van der Waals surface area contributed by atoms with E-state index in [0.717, 1.165) is 18.0 Å². The molecule has 0 atom stereocenters. The minimum atomic E-state index is -0.558. The second-order valence-corrected chi connectivity index (χ2v) is 4.97. The molecule has 0 unspecified atom stereocenters. The molecule has 0 fully saturated rings. The third-order valence-corrected chi connectivity index (χ3v) is 3.63. The second-order valence-electron chi connectivity index (χ2n) is 4.24. The number of hydrogen-bond donors (Lipinski definition) is 0. The summed E-state index contributed by atoms with van der Waals surface area (Å²) in [7, 11) is -0.558. The molecule has 0 saturated heterocycles. The van der Waals surface area contributed by atoms with Gasteiger partial charge >= 0.3 is 9.85 Å². The maximum atomic E-state index is 12.9. The van der Waals surface area contributed by atoms with Crippen molar-refractivity contribution in [2.45, 2.75) is 52.4 Å². The highest BCUT2D eigenvalue weighted by molar-refractivity contribution is 6.47. The van der Waals surface area contributed by atoms with Gasteiger partial charge in [0.15, 0.2) is 0 Å². The maximum absolute atomic E-state index is 12.9. The first kappa shape index (κ1) is 13.4. The van der Waals surface area contributed by atoms with E-state index < -0.39 is 9.85 Å². The second kappa shape index (κ2) is 7.61. The first-order valence-electron chi connectivity index (χ1n) is 6.30. The predicted octanol–water partition coefficient (Wildman–Crippen LogP) is 3.59. The summed E-state index contributed by atoms with van der Waals surface area (Å²) in [5, 5.41) is 0.932. The Bertz CT molecular complexity index is 310. The minimum absolute atomic E-state index is 0.558. The summed E-state index contributed by atoms with van der Waals surface area (Å²) in [4.78, 5) is 0. The summed E-state index contributed by atoms with van der Waals surface area (Å²) >= 11 is 0. The van der Waals surface area contributed by atoms with Crippen molar-refractivity contribution in [2.24, 2.45) is 0 Å². The van der Waals surface area contributed by atoms with Crippen LogP contribution in [0, 0.1) is 0 Å². The van der Waals surface area contributed by atoms with Crippen LogP contribution in [0.1, 0.15) is 50.7 Å². The van der Waals surface area contributed by atoms with Crippen LogP contribution < -0.4 is 5.19 Å². The number of aryl methyl sites for hydroxylation is 1. The molecule has 0 heterocycles. The Balaban J connectivity index is 2.86. The Hall–Kier alpha value is -0.633. The van der Waals surface area contributed by atoms with Gasteiger partial charge in [0, 0.05) is 0 Å². The SMILES string of the molecule is CCCCc1cccc([Si]F)c1CCCC. The Morgan fingerprint density at radius 1 is 1.06 bits per heavy atom. The standard InChI is InChI=1S/C14H21FSi/c1-3-5-8-12-9-7-11-14(16-15)13(12)10-6-4-2/h7,9,11H,3-6,8,10H2,1-2H3. The minimum Gasteiger partial charge on any atom is -0.308 e. The lowest BCUT2D eigenvalue weighted by atomic mass is 9.98. The molecule has 1 aromatic carbocycles. The highest BCUT2D eigenvalue weighted by Crippen LogP contribution is 2.13. The fraction of sp³-hybridized carbons (Fsp3) is 0.571. The number of hydrogen-bond acceptors (Lipinski definition) is 0. The van der Waals surface area contributed by atoms with E-state index in [1.54, 1.807) is 0 Å². The van der Waals surface area contributed by atoms with E-state index in [2.05, 4.69) is 19.9 Å². The van der Waals surface area contributed by atoms with Crippen LogP contribution in [0.15, 0.2) is 18.2 Å². The Kier molecular flexibility index (Phi) is 6.39. The molecule has 16 heavy (non-hydrogen) atoms. The molecule has 0 aromatic heterocycles. The number of unbranched alkanes of at least 4 members (excludes halogenated alkanes) is 2. The predicted molar refractivity (Wildman–Crippen MR) is 70.2 cm³/mol. The van der Waals surface area contributed by atoms with Crippen molar-refractivity contribution in [2.75, 3.05) is 0 Å². The van der Waals surface area contributed by atoms with E-state index in [4.69, 9.17) is 0 Å². The van der Waals surface area contributed by atoms with E-state index in [9.17, 15) is 4.11 Å². The molecule has 1 rings (SSSR count). The maximum Gasteiger partial charge on any atom is 0.333 e. The quantitative estimate of drug-likeness (QED) is 0.501. The van der Waals surface area contributed by atoms with E-state index >= 15 is 0 Å². The van der Waals surface area contributed by atoms with Crippen LogP contribution in [0.2, 0.25) is 0 Å². The van der Waals surface area contributed by atoms with E-state index in [1.807, 2.05) is 12.1 Å². The summed E-state index contributed by atoms with van der Waals surface area (Å²) < 4.78 is 12.9. The van der Waals surface area contributed by atoms with Crippen molar-refractivity contribution in [1.29, 1.82) is 0 Å². The van der Waals surface area contributed by atoms with Crippen LogP contribution in [0.5, 0.6) is 0 Å². The van der Waals surface area contributed by atoms with Crippen LogP contribution in [0.4, 0.5) is 4.11 Å². The van der Waals surface area contributed by atoms with Gasteiger partial charge in [-0.05, 0) is 42.0 Å². The monoisotopic (exact) mass is 236 g/mol. The van der Waals surface area contributed by atoms with Gasteiger partial charge < -0.3 is 4.11 Å². The molecule has 0 saturated carbocycles. The Labute approximate surface area is 101 Å². The first-order valence-corrected chi connectivity index (χ1v) is 7.18. The van der Waals surface area contributed by atoms with Gasteiger partial charge in [-0.25, -0.2) is 0 Å². The molecule has 0 amide bonds. The average molecular weight is 236 g/mol. The summed E-state index contributed by atoms with van der Waals surface area (Å²) in [6.45, 7) is 4.39. The summed E-state index contributed by atoms with van der Waals surface area (Å²) in [6.07, 6.45) is 6.90. The highest BCUT2D eigenvalue weighted by Gasteiger charge is 2.08. The fourth-order valence-corrected chi connectivity index (χ4v) is 2.53. The largest absolute Gasteiger partial charge is 0.333 e. The molecular formula is C14H21FSi. The van der Waals surface area contributed by atoms with Crippen molar-refractivity contribution in [3.63, 3.8) is 0 Å². The van der Waals surface area contributed by atoms with E-state index in [-0.39, 0.29) is 0 Å².